The smallest absolute Gasteiger partial charge is 0.0662 e. The first kappa shape index (κ1) is 14.9. The molecule has 2 fully saturated rings. The highest BCUT2D eigenvalue weighted by Gasteiger charge is 1.95. The Bertz CT molecular complexity index is 75.6. The van der Waals surface area contributed by atoms with Crippen LogP contribution in [-0.2, 0) is 0 Å². The molecule has 0 bridgehead atoms. The predicted octanol–water partition coefficient (Wildman–Crippen LogP) is 3.26. The Morgan fingerprint density at radius 1 is 0.400 bits per heavy atom. The van der Waals surface area contributed by atoms with Crippen molar-refractivity contribution in [1.82, 2.24) is 0 Å². The molecule has 0 aromatic heterocycles. The van der Waals surface area contributed by atoms with Gasteiger partial charge in [0.25, 0.3) is 0 Å². The van der Waals surface area contributed by atoms with Crippen LogP contribution in [0, 0.1) is 0 Å². The van der Waals surface area contributed by atoms with Crippen LogP contribution in [0.15, 0.2) is 0 Å². The fourth-order valence-corrected chi connectivity index (χ4v) is 1.94. The summed E-state index contributed by atoms with van der Waals surface area (Å²) in [4.78, 5) is 0. The molecule has 0 saturated heterocycles. The van der Waals surface area contributed by atoms with Crippen LogP contribution >= 0.6 is 0 Å². The van der Waals surface area contributed by atoms with Gasteiger partial charge in [0.05, 0.1) is 13.2 Å². The fraction of sp³-hybridized carbons (Fsp3) is 1.00. The average Bonchev–Trinajstić information content (AvgIpc) is 2.90. The van der Waals surface area contributed by atoms with E-state index in [1.165, 1.54) is 70.6 Å². The summed E-state index contributed by atoms with van der Waals surface area (Å²) in [7, 11) is 0. The minimum absolute atomic E-state index is 0.125. The van der Waals surface area contributed by atoms with Gasteiger partial charge < -0.3 is 10.2 Å². The minimum Gasteiger partial charge on any atom is -0.394 e. The first-order chi connectivity index (χ1) is 7.41. The predicted molar refractivity (Wildman–Crippen MR) is 65.0 cm³/mol. The minimum atomic E-state index is -0.125. The molecule has 0 aromatic rings. The summed E-state index contributed by atoms with van der Waals surface area (Å²) < 4.78 is 0. The Labute approximate surface area is 94.7 Å². The van der Waals surface area contributed by atoms with E-state index in [4.69, 9.17) is 10.2 Å². The third-order valence-corrected chi connectivity index (χ3v) is 2.85. The maximum atomic E-state index is 7.62. The molecule has 0 aromatic carbocycles. The molecule has 0 radical (unpaired) electrons. The van der Waals surface area contributed by atoms with Gasteiger partial charge in [-0.2, -0.15) is 0 Å². The van der Waals surface area contributed by atoms with Crippen molar-refractivity contribution < 1.29 is 10.2 Å². The molecule has 0 atom stereocenters. The number of aliphatic hydroxyl groups is 2. The third-order valence-electron chi connectivity index (χ3n) is 2.85. The van der Waals surface area contributed by atoms with Crippen molar-refractivity contribution in [2.24, 2.45) is 0 Å². The molecule has 92 valence electrons. The fourth-order valence-electron chi connectivity index (χ4n) is 1.94. The Balaban J connectivity index is 0.000000202. The molecular weight excluding hydrogens is 188 g/mol. The molecule has 2 saturated carbocycles. The molecule has 2 rings (SSSR count). The van der Waals surface area contributed by atoms with Gasteiger partial charge in [-0.3, -0.25) is 0 Å². The van der Waals surface area contributed by atoms with Gasteiger partial charge in [-0.05, 0) is 0 Å². The van der Waals surface area contributed by atoms with Crippen molar-refractivity contribution in [2.45, 2.75) is 70.6 Å². The molecule has 0 unspecified atom stereocenters. The van der Waals surface area contributed by atoms with Crippen molar-refractivity contribution in [3.63, 3.8) is 0 Å². The Hall–Kier alpha value is -0.0800. The van der Waals surface area contributed by atoms with Crippen molar-refractivity contribution >= 4 is 0 Å². The van der Waals surface area contributed by atoms with Gasteiger partial charge in [-0.1, -0.05) is 70.6 Å². The van der Waals surface area contributed by atoms with Crippen molar-refractivity contribution in [3.05, 3.63) is 0 Å². The Morgan fingerprint density at radius 2 is 0.533 bits per heavy atom. The van der Waals surface area contributed by atoms with Gasteiger partial charge in [-0.15, -0.1) is 0 Å². The zero-order valence-electron chi connectivity index (χ0n) is 10.1. The van der Waals surface area contributed by atoms with Gasteiger partial charge >= 0.3 is 0 Å². The van der Waals surface area contributed by atoms with E-state index < -0.39 is 0 Å². The summed E-state index contributed by atoms with van der Waals surface area (Å²) in [5.74, 6) is 0. The van der Waals surface area contributed by atoms with Crippen LogP contribution in [0.5, 0.6) is 0 Å². The zero-order chi connectivity index (χ0) is 11.2. The van der Waals surface area contributed by atoms with E-state index in [2.05, 4.69) is 0 Å². The van der Waals surface area contributed by atoms with Crippen LogP contribution in [0.4, 0.5) is 0 Å². The number of hydrogen-bond acceptors (Lipinski definition) is 2. The Morgan fingerprint density at radius 3 is 0.600 bits per heavy atom. The Kier molecular flexibility index (Phi) is 13.8. The second-order valence-electron chi connectivity index (χ2n) is 4.34. The first-order valence-corrected chi connectivity index (χ1v) is 6.63. The quantitative estimate of drug-likeness (QED) is 0.706. The van der Waals surface area contributed by atoms with Crippen LogP contribution in [0.3, 0.4) is 0 Å². The van der Waals surface area contributed by atoms with Crippen LogP contribution in [-0.4, -0.2) is 23.4 Å². The van der Waals surface area contributed by atoms with Crippen molar-refractivity contribution in [3.8, 4) is 0 Å². The van der Waals surface area contributed by atoms with E-state index >= 15 is 0 Å². The zero-order valence-corrected chi connectivity index (χ0v) is 10.1. The van der Waals surface area contributed by atoms with Crippen LogP contribution < -0.4 is 0 Å². The van der Waals surface area contributed by atoms with Crippen LogP contribution in [0.1, 0.15) is 70.6 Å². The van der Waals surface area contributed by atoms with Crippen molar-refractivity contribution in [2.75, 3.05) is 13.2 Å². The van der Waals surface area contributed by atoms with E-state index in [1.807, 2.05) is 0 Å². The molecule has 2 aliphatic carbocycles. The van der Waals surface area contributed by atoms with E-state index in [0.29, 0.717) is 0 Å². The van der Waals surface area contributed by atoms with Gasteiger partial charge in [-0.25, -0.2) is 0 Å². The lowest BCUT2D eigenvalue weighted by Crippen LogP contribution is -1.85. The maximum Gasteiger partial charge on any atom is 0.0662 e. The summed E-state index contributed by atoms with van der Waals surface area (Å²) in [6.07, 6.45) is 16.5. The first-order valence-electron chi connectivity index (χ1n) is 6.63. The molecule has 0 aliphatic heterocycles. The summed E-state index contributed by atoms with van der Waals surface area (Å²) in [6, 6.07) is 0. The highest BCUT2D eigenvalue weighted by Crippen LogP contribution is 2.15. The summed E-state index contributed by atoms with van der Waals surface area (Å²) >= 11 is 0. The van der Waals surface area contributed by atoms with Crippen LogP contribution in [0.25, 0.3) is 0 Å². The highest BCUT2D eigenvalue weighted by atomic mass is 16.3. The van der Waals surface area contributed by atoms with Gasteiger partial charge in [0.15, 0.2) is 0 Å². The van der Waals surface area contributed by atoms with Gasteiger partial charge in [0.2, 0.25) is 0 Å². The molecule has 0 spiro atoms. The monoisotopic (exact) mass is 216 g/mol. The van der Waals surface area contributed by atoms with E-state index in [0.717, 1.165) is 0 Å². The third kappa shape index (κ3) is 13.9. The second-order valence-corrected chi connectivity index (χ2v) is 4.34. The van der Waals surface area contributed by atoms with Crippen molar-refractivity contribution in [1.29, 1.82) is 0 Å². The normalized spacial score (nSPS) is 19.6. The molecule has 0 amide bonds. The molecule has 2 nitrogen and oxygen atoms in total. The molecule has 15 heavy (non-hydrogen) atoms. The van der Waals surface area contributed by atoms with Gasteiger partial charge in [0, 0.05) is 0 Å². The maximum absolute atomic E-state index is 7.62. The van der Waals surface area contributed by atoms with Crippen LogP contribution in [0.2, 0.25) is 0 Å². The topological polar surface area (TPSA) is 40.5 Å². The number of rotatable bonds is 1. The lowest BCUT2D eigenvalue weighted by molar-refractivity contribution is 0.186. The lowest BCUT2D eigenvalue weighted by atomic mass is 10.0. The average molecular weight is 216 g/mol. The van der Waals surface area contributed by atoms with E-state index in [1.54, 1.807) is 0 Å². The number of aliphatic hydroxyl groups excluding tert-OH is 2. The lowest BCUT2D eigenvalue weighted by Gasteiger charge is -2.05. The molecule has 0 heterocycles. The summed E-state index contributed by atoms with van der Waals surface area (Å²) in [5.41, 5.74) is 0. The molecule has 2 heteroatoms. The standard InChI is InChI=1S/C6H12.C5H10.C2H6O2/c1-2-4-6-5-3-1;1-2-4-5-3-1;3-1-2-4/h1-6H2;1-5H2;3-4H,1-2H2. The summed E-state index contributed by atoms with van der Waals surface area (Å²) in [5, 5.41) is 15.2. The molecule has 2 aliphatic rings. The van der Waals surface area contributed by atoms with E-state index in [-0.39, 0.29) is 13.2 Å². The van der Waals surface area contributed by atoms with Gasteiger partial charge in [0.1, 0.15) is 0 Å². The molecule has 2 N–H and O–H groups in total. The second kappa shape index (κ2) is 13.9. The summed E-state index contributed by atoms with van der Waals surface area (Å²) in [6.45, 7) is -0.250. The highest BCUT2D eigenvalue weighted by molar-refractivity contribution is 4.51. The number of hydrogen-bond donors (Lipinski definition) is 2. The SMILES string of the molecule is C1CCCC1.C1CCCCC1.OCCO. The molecular formula is C13H28O2. The van der Waals surface area contributed by atoms with E-state index in [9.17, 15) is 0 Å². The largest absolute Gasteiger partial charge is 0.394 e.